The maximum absolute atomic E-state index is 14.5. The first-order valence-corrected chi connectivity index (χ1v) is 9.29. The molecule has 1 aromatic rings. The Kier molecular flexibility index (Phi) is 8.37. The van der Waals surface area contributed by atoms with Crippen molar-refractivity contribution < 1.29 is 47.6 Å². The third kappa shape index (κ3) is 6.31. The summed E-state index contributed by atoms with van der Waals surface area (Å²) in [5.41, 5.74) is -1.21. The van der Waals surface area contributed by atoms with Crippen LogP contribution in [0.25, 0.3) is 0 Å². The molecule has 176 valence electrons. The number of rotatable bonds is 10. The number of nitrogens with one attached hydrogen (secondary N) is 1. The van der Waals surface area contributed by atoms with Gasteiger partial charge in [-0.25, -0.2) is 9.59 Å². The van der Waals surface area contributed by atoms with Crippen LogP contribution in [-0.4, -0.2) is 69.1 Å². The summed E-state index contributed by atoms with van der Waals surface area (Å²) < 4.78 is 43.9. The molecule has 1 aromatic heterocycles. The van der Waals surface area contributed by atoms with Gasteiger partial charge in [-0.2, -0.15) is 13.8 Å². The van der Waals surface area contributed by atoms with Gasteiger partial charge in [0, 0.05) is 19.0 Å². The molecule has 14 heteroatoms. The molecule has 1 saturated heterocycles. The monoisotopic (exact) mass is 461 g/mol. The zero-order valence-electron chi connectivity index (χ0n) is 16.6. The number of aliphatic hydroxyl groups is 1. The second-order valence-corrected chi connectivity index (χ2v) is 6.59. The van der Waals surface area contributed by atoms with Gasteiger partial charge in [-0.3, -0.25) is 19.5 Å². The van der Waals surface area contributed by atoms with Gasteiger partial charge in [0.1, 0.15) is 25.1 Å². The highest BCUT2D eigenvalue weighted by Gasteiger charge is 2.60. The predicted octanol–water partition coefficient (Wildman–Crippen LogP) is 0.669. The molecule has 3 N–H and O–H groups in total. The van der Waals surface area contributed by atoms with Gasteiger partial charge in [0.25, 0.3) is 0 Å². The number of aromatic nitrogens is 2. The molecule has 0 unspecified atom stereocenters. The van der Waals surface area contributed by atoms with Crippen LogP contribution in [-0.2, 0) is 23.8 Å². The van der Waals surface area contributed by atoms with E-state index in [0.29, 0.717) is 4.57 Å². The number of carbonyl (C=O) groups is 3. The maximum Gasteiger partial charge on any atom is 0.413 e. The molecule has 1 amide bonds. The fraction of sp³-hybridized carbons (Fsp3) is 0.500. The fourth-order valence-electron chi connectivity index (χ4n) is 2.67. The Hall–Kier alpha value is -3.39. The number of carbonyl (C=O) groups excluding carboxylic acids is 2. The normalized spacial score (nSPS) is 21.5. The van der Waals surface area contributed by atoms with Crippen LogP contribution in [0.2, 0.25) is 0 Å². The summed E-state index contributed by atoms with van der Waals surface area (Å²) in [4.78, 5) is 49.1. The minimum absolute atomic E-state index is 0.0103. The molecule has 0 aromatic carbocycles. The molecule has 0 radical (unpaired) electrons. The van der Waals surface area contributed by atoms with Crippen molar-refractivity contribution >= 4 is 23.8 Å². The van der Waals surface area contributed by atoms with Crippen LogP contribution in [0.5, 0.6) is 0 Å². The number of carboxylic acids is 1. The molecule has 2 heterocycles. The molecule has 3 atom stereocenters. The number of hydrogen-bond acceptors (Lipinski definition) is 9. The van der Waals surface area contributed by atoms with Crippen molar-refractivity contribution in [2.75, 3.05) is 18.5 Å². The maximum atomic E-state index is 14.5. The average molecular weight is 461 g/mol. The van der Waals surface area contributed by atoms with E-state index in [1.54, 1.807) is 0 Å². The minimum Gasteiger partial charge on any atom is -0.481 e. The molecule has 0 bridgehead atoms. The van der Waals surface area contributed by atoms with Crippen molar-refractivity contribution in [2.45, 2.75) is 43.6 Å². The summed E-state index contributed by atoms with van der Waals surface area (Å²) in [5.74, 6) is -6.17. The number of alkyl halides is 2. The number of nitrogens with zero attached hydrogens (tertiary/aromatic N) is 2. The van der Waals surface area contributed by atoms with Gasteiger partial charge in [-0.05, 0) is 12.5 Å². The number of carboxylic acid groups (broad SMARTS) is 1. The van der Waals surface area contributed by atoms with Crippen LogP contribution in [0.15, 0.2) is 29.7 Å². The van der Waals surface area contributed by atoms with Gasteiger partial charge in [-0.15, -0.1) is 0 Å². The third-order valence-electron chi connectivity index (χ3n) is 4.20. The summed E-state index contributed by atoms with van der Waals surface area (Å²) in [6.45, 7) is 2.51. The van der Waals surface area contributed by atoms with Gasteiger partial charge in [0.15, 0.2) is 6.10 Å². The lowest BCUT2D eigenvalue weighted by molar-refractivity contribution is -0.150. The standard InChI is InChI=1S/C18H21F2N3O9/c1-2-8-30-17(29)22-11-6-7-23(16(28)21-11)15-18(19,20)14(27)10(32-15)9-31-13(26)5-3-4-12(24)25/h2,6-7,10,14-15,27H,1,3-5,8-9H2,(H,24,25)(H,21,22,28,29)/t10-,14+,15+/m0/s1. The SMILES string of the molecule is C=CCOC(=O)Nc1ccn([C@@H]2O[C@@H](COC(=O)CCCC(=O)O)[C@@H](O)C2(F)F)c(=O)n1. The molecule has 1 aliphatic rings. The van der Waals surface area contributed by atoms with Gasteiger partial charge in [0.05, 0.1) is 0 Å². The molecule has 2 rings (SSSR count). The lowest BCUT2D eigenvalue weighted by Gasteiger charge is -2.21. The number of amides is 1. The zero-order chi connectivity index (χ0) is 23.9. The van der Waals surface area contributed by atoms with E-state index in [0.717, 1.165) is 12.3 Å². The summed E-state index contributed by atoms with van der Waals surface area (Å²) in [6, 6.07) is 1.04. The number of halogens is 2. The summed E-state index contributed by atoms with van der Waals surface area (Å²) in [5, 5.41) is 20.5. The summed E-state index contributed by atoms with van der Waals surface area (Å²) in [6.07, 6.45) is -5.62. The largest absolute Gasteiger partial charge is 0.481 e. The van der Waals surface area contributed by atoms with Crippen LogP contribution in [0.4, 0.5) is 19.4 Å². The van der Waals surface area contributed by atoms with Crippen LogP contribution in [0.1, 0.15) is 25.5 Å². The van der Waals surface area contributed by atoms with Crippen molar-refractivity contribution in [3.63, 3.8) is 0 Å². The predicted molar refractivity (Wildman–Crippen MR) is 101 cm³/mol. The van der Waals surface area contributed by atoms with Crippen LogP contribution in [0.3, 0.4) is 0 Å². The van der Waals surface area contributed by atoms with Crippen molar-refractivity contribution in [1.82, 2.24) is 9.55 Å². The Bertz CT molecular complexity index is 921. The van der Waals surface area contributed by atoms with E-state index >= 15 is 0 Å². The highest BCUT2D eigenvalue weighted by atomic mass is 19.3. The lowest BCUT2D eigenvalue weighted by atomic mass is 10.1. The topological polar surface area (TPSA) is 166 Å². The van der Waals surface area contributed by atoms with E-state index in [2.05, 4.69) is 21.6 Å². The van der Waals surface area contributed by atoms with E-state index in [4.69, 9.17) is 14.6 Å². The van der Waals surface area contributed by atoms with Gasteiger partial charge < -0.3 is 24.4 Å². The Morgan fingerprint density at radius 3 is 2.69 bits per heavy atom. The fourth-order valence-corrected chi connectivity index (χ4v) is 2.67. The Balaban J connectivity index is 2.03. The van der Waals surface area contributed by atoms with Gasteiger partial charge in [0.2, 0.25) is 6.23 Å². The highest BCUT2D eigenvalue weighted by molar-refractivity contribution is 5.83. The van der Waals surface area contributed by atoms with Crippen molar-refractivity contribution in [3.05, 3.63) is 35.4 Å². The number of anilines is 1. The number of ether oxygens (including phenoxy) is 3. The molecule has 1 fully saturated rings. The molecular formula is C18H21F2N3O9. The molecule has 1 aliphatic heterocycles. The molecule has 0 aliphatic carbocycles. The zero-order valence-corrected chi connectivity index (χ0v) is 16.6. The molecule has 0 saturated carbocycles. The smallest absolute Gasteiger partial charge is 0.413 e. The Morgan fingerprint density at radius 1 is 1.34 bits per heavy atom. The van der Waals surface area contributed by atoms with E-state index in [1.807, 2.05) is 0 Å². The molecule has 12 nitrogen and oxygen atoms in total. The lowest BCUT2D eigenvalue weighted by Crippen LogP contribution is -2.42. The minimum atomic E-state index is -3.94. The van der Waals surface area contributed by atoms with E-state index in [9.17, 15) is 33.1 Å². The van der Waals surface area contributed by atoms with Gasteiger partial charge in [-0.1, -0.05) is 12.7 Å². The molecule has 0 spiro atoms. The Morgan fingerprint density at radius 2 is 2.06 bits per heavy atom. The van der Waals surface area contributed by atoms with Crippen LogP contribution < -0.4 is 11.0 Å². The quantitative estimate of drug-likeness (QED) is 0.333. The first kappa shape index (κ1) is 24.9. The number of aliphatic carboxylic acids is 1. The van der Waals surface area contributed by atoms with Crippen molar-refractivity contribution in [2.24, 2.45) is 0 Å². The van der Waals surface area contributed by atoms with Gasteiger partial charge >= 0.3 is 29.6 Å². The first-order chi connectivity index (χ1) is 15.1. The van der Waals surface area contributed by atoms with Crippen LogP contribution in [0, 0.1) is 0 Å². The van der Waals surface area contributed by atoms with E-state index in [1.165, 1.54) is 6.08 Å². The Labute approximate surface area is 179 Å². The second kappa shape index (κ2) is 10.8. The molecular weight excluding hydrogens is 440 g/mol. The summed E-state index contributed by atoms with van der Waals surface area (Å²) in [7, 11) is 0. The van der Waals surface area contributed by atoms with Crippen LogP contribution >= 0.6 is 0 Å². The average Bonchev–Trinajstić information content (AvgIpc) is 2.94. The van der Waals surface area contributed by atoms with E-state index < -0.39 is 54.7 Å². The highest BCUT2D eigenvalue weighted by Crippen LogP contribution is 2.42. The number of aliphatic hydroxyl groups excluding tert-OH is 1. The first-order valence-electron chi connectivity index (χ1n) is 9.29. The van der Waals surface area contributed by atoms with Crippen molar-refractivity contribution in [1.29, 1.82) is 0 Å². The molecule has 32 heavy (non-hydrogen) atoms. The summed E-state index contributed by atoms with van der Waals surface area (Å²) >= 11 is 0. The second-order valence-electron chi connectivity index (χ2n) is 6.59. The number of esters is 1. The van der Waals surface area contributed by atoms with Crippen molar-refractivity contribution in [3.8, 4) is 0 Å². The third-order valence-corrected chi connectivity index (χ3v) is 4.20. The van der Waals surface area contributed by atoms with E-state index in [-0.39, 0.29) is 31.7 Å². The number of hydrogen-bond donors (Lipinski definition) is 3.